The summed E-state index contributed by atoms with van der Waals surface area (Å²) < 4.78 is 1.93. The molecule has 0 aliphatic rings. The fraction of sp³-hybridized carbons (Fsp3) is 0.429. The highest BCUT2D eigenvalue weighted by Gasteiger charge is 2.17. The zero-order valence-electron chi connectivity index (χ0n) is 11.4. The molecule has 0 aliphatic heterocycles. The Kier molecular flexibility index (Phi) is 3.77. The molecule has 0 radical (unpaired) electrons. The normalized spacial score (nSPS) is 12.7. The molecule has 4 heteroatoms. The van der Waals surface area contributed by atoms with Crippen LogP contribution in [0.3, 0.4) is 0 Å². The van der Waals surface area contributed by atoms with Crippen LogP contribution in [-0.4, -0.2) is 21.3 Å². The van der Waals surface area contributed by atoms with Crippen molar-refractivity contribution in [3.63, 3.8) is 0 Å². The second-order valence-corrected chi connectivity index (χ2v) is 4.56. The van der Waals surface area contributed by atoms with Crippen molar-refractivity contribution in [2.75, 3.05) is 6.54 Å². The zero-order chi connectivity index (χ0) is 13.1. The summed E-state index contributed by atoms with van der Waals surface area (Å²) >= 11 is 0. The Morgan fingerprint density at radius 3 is 2.56 bits per heavy atom. The van der Waals surface area contributed by atoms with Crippen molar-refractivity contribution in [1.29, 1.82) is 0 Å². The van der Waals surface area contributed by atoms with Gasteiger partial charge in [-0.15, -0.1) is 0 Å². The monoisotopic (exact) mass is 244 g/mol. The minimum Gasteiger partial charge on any atom is -0.305 e. The van der Waals surface area contributed by atoms with Gasteiger partial charge >= 0.3 is 0 Å². The molecule has 2 rings (SSSR count). The topological polar surface area (TPSA) is 42.7 Å². The van der Waals surface area contributed by atoms with Crippen molar-refractivity contribution in [3.05, 3.63) is 47.0 Å². The summed E-state index contributed by atoms with van der Waals surface area (Å²) in [6.07, 6.45) is 1.94. The standard InChI is InChI=1S/C14H20N4/c1-5-15-14(12-7-6-10(2)16-9-12)13-8-11(3)17-18(13)4/h6-9,14-15H,5H2,1-4H3. The predicted octanol–water partition coefficient (Wildman–Crippen LogP) is 2.13. The summed E-state index contributed by atoms with van der Waals surface area (Å²) in [5.74, 6) is 0. The van der Waals surface area contributed by atoms with Gasteiger partial charge in [0.15, 0.2) is 0 Å². The summed E-state index contributed by atoms with van der Waals surface area (Å²) in [4.78, 5) is 4.37. The van der Waals surface area contributed by atoms with Gasteiger partial charge in [0.05, 0.1) is 17.4 Å². The van der Waals surface area contributed by atoms with E-state index in [0.29, 0.717) is 0 Å². The summed E-state index contributed by atoms with van der Waals surface area (Å²) in [5.41, 5.74) is 4.41. The molecule has 1 atom stereocenters. The number of hydrogen-bond donors (Lipinski definition) is 1. The van der Waals surface area contributed by atoms with Gasteiger partial charge in [0.1, 0.15) is 0 Å². The van der Waals surface area contributed by atoms with Crippen molar-refractivity contribution in [2.24, 2.45) is 7.05 Å². The molecule has 0 saturated carbocycles. The number of rotatable bonds is 4. The first-order valence-electron chi connectivity index (χ1n) is 6.28. The molecule has 0 spiro atoms. The number of pyridine rings is 1. The van der Waals surface area contributed by atoms with E-state index >= 15 is 0 Å². The predicted molar refractivity (Wildman–Crippen MR) is 72.4 cm³/mol. The number of aryl methyl sites for hydroxylation is 3. The van der Waals surface area contributed by atoms with Crippen LogP contribution in [0.1, 0.15) is 35.6 Å². The van der Waals surface area contributed by atoms with E-state index in [1.807, 2.05) is 37.8 Å². The fourth-order valence-electron chi connectivity index (χ4n) is 2.15. The average molecular weight is 244 g/mol. The van der Waals surface area contributed by atoms with Gasteiger partial charge in [-0.25, -0.2) is 0 Å². The molecule has 1 unspecified atom stereocenters. The molecule has 4 nitrogen and oxygen atoms in total. The van der Waals surface area contributed by atoms with Crippen LogP contribution in [0.2, 0.25) is 0 Å². The molecule has 0 saturated heterocycles. The van der Waals surface area contributed by atoms with Gasteiger partial charge in [-0.05, 0) is 38.1 Å². The summed E-state index contributed by atoms with van der Waals surface area (Å²) in [6.45, 7) is 7.03. The van der Waals surface area contributed by atoms with Crippen LogP contribution in [0.15, 0.2) is 24.4 Å². The van der Waals surface area contributed by atoms with Gasteiger partial charge in [-0.1, -0.05) is 13.0 Å². The van der Waals surface area contributed by atoms with Crippen LogP contribution in [-0.2, 0) is 7.05 Å². The van der Waals surface area contributed by atoms with E-state index in [1.54, 1.807) is 0 Å². The molecule has 96 valence electrons. The minimum absolute atomic E-state index is 0.147. The van der Waals surface area contributed by atoms with Gasteiger partial charge in [0.25, 0.3) is 0 Å². The maximum Gasteiger partial charge on any atom is 0.0763 e. The second-order valence-electron chi connectivity index (χ2n) is 4.56. The Balaban J connectivity index is 2.39. The maximum atomic E-state index is 4.41. The lowest BCUT2D eigenvalue weighted by atomic mass is 10.0. The van der Waals surface area contributed by atoms with Crippen LogP contribution < -0.4 is 5.32 Å². The lowest BCUT2D eigenvalue weighted by molar-refractivity contribution is 0.570. The van der Waals surface area contributed by atoms with E-state index in [0.717, 1.165) is 17.9 Å². The summed E-state index contributed by atoms with van der Waals surface area (Å²) in [5, 5.41) is 7.90. The molecule has 18 heavy (non-hydrogen) atoms. The molecule has 2 aromatic rings. The first kappa shape index (κ1) is 12.8. The lowest BCUT2D eigenvalue weighted by Crippen LogP contribution is -2.24. The van der Waals surface area contributed by atoms with Gasteiger partial charge in [0.2, 0.25) is 0 Å². The van der Waals surface area contributed by atoms with Gasteiger partial charge in [0, 0.05) is 18.9 Å². The largest absolute Gasteiger partial charge is 0.305 e. The Morgan fingerprint density at radius 1 is 1.28 bits per heavy atom. The third-order valence-corrected chi connectivity index (χ3v) is 3.01. The maximum absolute atomic E-state index is 4.41. The third-order valence-electron chi connectivity index (χ3n) is 3.01. The molecule has 0 bridgehead atoms. The minimum atomic E-state index is 0.147. The SMILES string of the molecule is CCNC(c1ccc(C)nc1)c1cc(C)nn1C. The Bertz CT molecular complexity index is 513. The summed E-state index contributed by atoms with van der Waals surface area (Å²) in [6, 6.07) is 6.43. The van der Waals surface area contributed by atoms with Gasteiger partial charge in [-0.3, -0.25) is 9.67 Å². The van der Waals surface area contributed by atoms with Crippen molar-refractivity contribution >= 4 is 0 Å². The van der Waals surface area contributed by atoms with Crippen LogP contribution in [0.4, 0.5) is 0 Å². The molecule has 2 heterocycles. The smallest absolute Gasteiger partial charge is 0.0763 e. The number of hydrogen-bond acceptors (Lipinski definition) is 3. The number of nitrogens with one attached hydrogen (secondary N) is 1. The van der Waals surface area contributed by atoms with Crippen LogP contribution in [0.5, 0.6) is 0 Å². The second kappa shape index (κ2) is 5.31. The Morgan fingerprint density at radius 2 is 2.06 bits per heavy atom. The molecule has 0 aliphatic carbocycles. The number of nitrogens with zero attached hydrogens (tertiary/aromatic N) is 3. The molecular weight excluding hydrogens is 224 g/mol. The fourth-order valence-corrected chi connectivity index (χ4v) is 2.15. The highest BCUT2D eigenvalue weighted by atomic mass is 15.3. The van der Waals surface area contributed by atoms with E-state index < -0.39 is 0 Å². The molecule has 0 fully saturated rings. The quantitative estimate of drug-likeness (QED) is 0.896. The van der Waals surface area contributed by atoms with Crippen LogP contribution >= 0.6 is 0 Å². The third kappa shape index (κ3) is 2.59. The molecule has 0 amide bonds. The first-order chi connectivity index (χ1) is 8.61. The van der Waals surface area contributed by atoms with Crippen molar-refractivity contribution in [1.82, 2.24) is 20.1 Å². The van der Waals surface area contributed by atoms with Crippen molar-refractivity contribution in [3.8, 4) is 0 Å². The number of aromatic nitrogens is 3. The molecule has 1 N–H and O–H groups in total. The molecular formula is C14H20N4. The van der Waals surface area contributed by atoms with Crippen molar-refractivity contribution < 1.29 is 0 Å². The van der Waals surface area contributed by atoms with Gasteiger partial charge in [-0.2, -0.15) is 5.10 Å². The summed E-state index contributed by atoms with van der Waals surface area (Å²) in [7, 11) is 1.98. The van der Waals surface area contributed by atoms with Gasteiger partial charge < -0.3 is 5.32 Å². The van der Waals surface area contributed by atoms with E-state index in [2.05, 4.69) is 34.5 Å². The van der Waals surface area contributed by atoms with E-state index in [9.17, 15) is 0 Å². The average Bonchev–Trinajstić information content (AvgIpc) is 2.67. The Labute approximate surface area is 108 Å². The highest BCUT2D eigenvalue weighted by Crippen LogP contribution is 2.21. The van der Waals surface area contributed by atoms with Crippen LogP contribution in [0.25, 0.3) is 0 Å². The van der Waals surface area contributed by atoms with E-state index in [4.69, 9.17) is 0 Å². The van der Waals surface area contributed by atoms with Crippen LogP contribution in [0, 0.1) is 13.8 Å². The zero-order valence-corrected chi connectivity index (χ0v) is 11.4. The van der Waals surface area contributed by atoms with E-state index in [-0.39, 0.29) is 6.04 Å². The first-order valence-corrected chi connectivity index (χ1v) is 6.28. The van der Waals surface area contributed by atoms with E-state index in [1.165, 1.54) is 11.3 Å². The molecule has 0 aromatic carbocycles. The molecule has 2 aromatic heterocycles. The van der Waals surface area contributed by atoms with Crippen molar-refractivity contribution in [2.45, 2.75) is 26.8 Å². The highest BCUT2D eigenvalue weighted by molar-refractivity contribution is 5.27. The lowest BCUT2D eigenvalue weighted by Gasteiger charge is -2.18. The Hall–Kier alpha value is -1.68.